The molecule has 2 rings (SSSR count). The van der Waals surface area contributed by atoms with Crippen molar-refractivity contribution in [2.24, 2.45) is 0 Å². The van der Waals surface area contributed by atoms with Crippen LogP contribution in [0.15, 0.2) is 24.5 Å². The third-order valence-corrected chi connectivity index (χ3v) is 2.35. The quantitative estimate of drug-likeness (QED) is 0.731. The average Bonchev–Trinajstić information content (AvgIpc) is 3.00. The third-order valence-electron chi connectivity index (χ3n) is 2.09. The lowest BCUT2D eigenvalue weighted by atomic mass is 10.3. The summed E-state index contributed by atoms with van der Waals surface area (Å²) in [6, 6.07) is 4.57. The lowest BCUT2D eigenvalue weighted by molar-refractivity contribution is 0.826. The lowest BCUT2D eigenvalue weighted by Gasteiger charge is -2.08. The van der Waals surface area contributed by atoms with E-state index in [1.54, 1.807) is 6.20 Å². The fraction of sp³-hybridized carbons (Fsp3) is 0.400. The summed E-state index contributed by atoms with van der Waals surface area (Å²) in [4.78, 5) is 4.03. The van der Waals surface area contributed by atoms with E-state index in [0.717, 1.165) is 17.2 Å². The summed E-state index contributed by atoms with van der Waals surface area (Å²) in [7, 11) is 0. The molecule has 1 heterocycles. The summed E-state index contributed by atoms with van der Waals surface area (Å²) < 4.78 is 0. The molecule has 1 aromatic heterocycles. The molecule has 3 nitrogen and oxygen atoms in total. The minimum atomic E-state index is 0.615. The molecule has 2 N–H and O–H groups in total. The highest BCUT2D eigenvalue weighted by atomic mass is 32.1. The molecule has 14 heavy (non-hydrogen) atoms. The van der Waals surface area contributed by atoms with Gasteiger partial charge < -0.3 is 10.6 Å². The molecule has 0 aromatic carbocycles. The van der Waals surface area contributed by atoms with Crippen molar-refractivity contribution in [2.45, 2.75) is 25.4 Å². The fourth-order valence-electron chi connectivity index (χ4n) is 1.15. The molecule has 0 saturated heterocycles. The summed E-state index contributed by atoms with van der Waals surface area (Å²) in [5.74, 6) is 0. The van der Waals surface area contributed by atoms with Crippen LogP contribution in [0.4, 0.5) is 0 Å². The Kier molecular flexibility index (Phi) is 2.93. The van der Waals surface area contributed by atoms with Gasteiger partial charge in [0.1, 0.15) is 0 Å². The van der Waals surface area contributed by atoms with Gasteiger partial charge in [0, 0.05) is 25.0 Å². The van der Waals surface area contributed by atoms with Crippen LogP contribution in [0.5, 0.6) is 0 Å². The van der Waals surface area contributed by atoms with Crippen LogP contribution >= 0.6 is 12.2 Å². The zero-order valence-electron chi connectivity index (χ0n) is 7.86. The van der Waals surface area contributed by atoms with E-state index in [-0.39, 0.29) is 0 Å². The van der Waals surface area contributed by atoms with Crippen LogP contribution in [-0.4, -0.2) is 16.1 Å². The molecule has 4 heteroatoms. The first-order valence-corrected chi connectivity index (χ1v) is 5.19. The van der Waals surface area contributed by atoms with Gasteiger partial charge in [0.25, 0.3) is 0 Å². The summed E-state index contributed by atoms with van der Waals surface area (Å²) in [5.41, 5.74) is 1.15. The lowest BCUT2D eigenvalue weighted by Crippen LogP contribution is -2.36. The number of nitrogens with one attached hydrogen (secondary N) is 2. The van der Waals surface area contributed by atoms with Gasteiger partial charge in [-0.2, -0.15) is 0 Å². The Bertz CT molecular complexity index is 308. The summed E-state index contributed by atoms with van der Waals surface area (Å²) in [6.45, 7) is 0.742. The Hall–Kier alpha value is -1.16. The van der Waals surface area contributed by atoms with Crippen molar-refractivity contribution < 1.29 is 0 Å². The summed E-state index contributed by atoms with van der Waals surface area (Å²) >= 11 is 5.13. The van der Waals surface area contributed by atoms with Crippen LogP contribution in [0, 0.1) is 0 Å². The Morgan fingerprint density at radius 2 is 2.43 bits per heavy atom. The van der Waals surface area contributed by atoms with E-state index in [9.17, 15) is 0 Å². The highest BCUT2D eigenvalue weighted by Crippen LogP contribution is 2.18. The molecule has 0 unspecified atom stereocenters. The van der Waals surface area contributed by atoms with Crippen LogP contribution in [0.1, 0.15) is 18.4 Å². The van der Waals surface area contributed by atoms with Crippen molar-refractivity contribution in [3.05, 3.63) is 30.1 Å². The monoisotopic (exact) mass is 207 g/mol. The predicted octanol–water partition coefficient (Wildman–Crippen LogP) is 1.21. The van der Waals surface area contributed by atoms with Gasteiger partial charge in [0.05, 0.1) is 0 Å². The summed E-state index contributed by atoms with van der Waals surface area (Å²) in [5, 5.41) is 7.12. The highest BCUT2D eigenvalue weighted by molar-refractivity contribution is 7.80. The molecule has 0 atom stereocenters. The zero-order valence-corrected chi connectivity index (χ0v) is 8.68. The van der Waals surface area contributed by atoms with Crippen molar-refractivity contribution >= 4 is 17.3 Å². The molecule has 1 aromatic rings. The first-order chi connectivity index (χ1) is 6.84. The smallest absolute Gasteiger partial charge is 0.166 e. The van der Waals surface area contributed by atoms with Crippen molar-refractivity contribution in [3.63, 3.8) is 0 Å². The maximum Gasteiger partial charge on any atom is 0.166 e. The van der Waals surface area contributed by atoms with Gasteiger partial charge in [-0.1, -0.05) is 6.07 Å². The fourth-order valence-corrected chi connectivity index (χ4v) is 1.39. The Morgan fingerprint density at radius 3 is 3.07 bits per heavy atom. The van der Waals surface area contributed by atoms with Gasteiger partial charge >= 0.3 is 0 Å². The van der Waals surface area contributed by atoms with Crippen LogP contribution in [0.3, 0.4) is 0 Å². The highest BCUT2D eigenvalue weighted by Gasteiger charge is 2.21. The second-order valence-electron chi connectivity index (χ2n) is 3.46. The van der Waals surface area contributed by atoms with E-state index in [4.69, 9.17) is 12.2 Å². The normalized spacial score (nSPS) is 14.9. The number of thiocarbonyl (C=S) groups is 1. The molecule has 1 fully saturated rings. The second kappa shape index (κ2) is 4.37. The van der Waals surface area contributed by atoms with Gasteiger partial charge in [-0.25, -0.2) is 0 Å². The van der Waals surface area contributed by atoms with E-state index in [1.165, 1.54) is 12.8 Å². The summed E-state index contributed by atoms with van der Waals surface area (Å²) in [6.07, 6.45) is 6.10. The first-order valence-electron chi connectivity index (χ1n) is 4.78. The number of aromatic nitrogens is 1. The molecular weight excluding hydrogens is 194 g/mol. The number of pyridine rings is 1. The molecule has 0 bridgehead atoms. The minimum absolute atomic E-state index is 0.615. The molecule has 1 aliphatic carbocycles. The van der Waals surface area contributed by atoms with E-state index in [1.807, 2.05) is 18.3 Å². The third kappa shape index (κ3) is 2.96. The molecule has 1 saturated carbocycles. The zero-order chi connectivity index (χ0) is 9.80. The largest absolute Gasteiger partial charge is 0.360 e. The standard InChI is InChI=1S/C10H13N3S/c14-10(13-9-3-4-9)12-7-8-2-1-5-11-6-8/h1-2,5-6,9H,3-4,7H2,(H2,12,13,14). The molecule has 0 spiro atoms. The molecule has 0 amide bonds. The van der Waals surface area contributed by atoms with E-state index >= 15 is 0 Å². The van der Waals surface area contributed by atoms with Gasteiger partial charge in [-0.15, -0.1) is 0 Å². The first kappa shape index (κ1) is 9.40. The average molecular weight is 207 g/mol. The van der Waals surface area contributed by atoms with Gasteiger partial charge in [-0.05, 0) is 36.7 Å². The van der Waals surface area contributed by atoms with Crippen LogP contribution in [0.25, 0.3) is 0 Å². The van der Waals surface area contributed by atoms with Crippen LogP contribution < -0.4 is 10.6 Å². The van der Waals surface area contributed by atoms with Crippen molar-refractivity contribution in [1.29, 1.82) is 0 Å². The van der Waals surface area contributed by atoms with Gasteiger partial charge in [0.2, 0.25) is 0 Å². The van der Waals surface area contributed by atoms with Gasteiger partial charge in [0.15, 0.2) is 5.11 Å². The van der Waals surface area contributed by atoms with Crippen LogP contribution in [0.2, 0.25) is 0 Å². The van der Waals surface area contributed by atoms with Gasteiger partial charge in [-0.3, -0.25) is 4.98 Å². The van der Waals surface area contributed by atoms with Crippen molar-refractivity contribution in [3.8, 4) is 0 Å². The maximum atomic E-state index is 5.13. The minimum Gasteiger partial charge on any atom is -0.360 e. The molecular formula is C10H13N3S. The van der Waals surface area contributed by atoms with E-state index in [2.05, 4.69) is 15.6 Å². The van der Waals surface area contributed by atoms with E-state index < -0.39 is 0 Å². The number of hydrogen-bond donors (Lipinski definition) is 2. The Morgan fingerprint density at radius 1 is 1.57 bits per heavy atom. The Labute approximate surface area is 88.9 Å². The van der Waals surface area contributed by atoms with Crippen molar-refractivity contribution in [1.82, 2.24) is 15.6 Å². The Balaban J connectivity index is 1.73. The molecule has 74 valence electrons. The molecule has 1 aliphatic rings. The molecule has 0 radical (unpaired) electrons. The topological polar surface area (TPSA) is 37.0 Å². The second-order valence-corrected chi connectivity index (χ2v) is 3.87. The maximum absolute atomic E-state index is 5.13. The number of hydrogen-bond acceptors (Lipinski definition) is 2. The predicted molar refractivity (Wildman–Crippen MR) is 59.8 cm³/mol. The van der Waals surface area contributed by atoms with Crippen LogP contribution in [-0.2, 0) is 6.54 Å². The molecule has 0 aliphatic heterocycles. The van der Waals surface area contributed by atoms with E-state index in [0.29, 0.717) is 6.04 Å². The number of nitrogens with zero attached hydrogens (tertiary/aromatic N) is 1. The number of rotatable bonds is 3. The SMILES string of the molecule is S=C(NCc1cccnc1)NC1CC1. The van der Waals surface area contributed by atoms with Crippen molar-refractivity contribution in [2.75, 3.05) is 0 Å².